The molecule has 0 aromatic heterocycles. The molecule has 0 fully saturated rings. The first-order valence-corrected chi connectivity index (χ1v) is 6.62. The predicted octanol–water partition coefficient (Wildman–Crippen LogP) is 4.22. The molecule has 2 aromatic rings. The first-order chi connectivity index (χ1) is 8.81. The Morgan fingerprint density at radius 1 is 0.778 bits per heavy atom. The van der Waals surface area contributed by atoms with Crippen LogP contribution in [0.15, 0.2) is 48.5 Å². The number of rotatable bonds is 5. The fraction of sp³-hybridized carbons (Fsp3) is 0.250. The Labute approximate surface area is 113 Å². The summed E-state index contributed by atoms with van der Waals surface area (Å²) in [5, 5.41) is 0. The number of hydrogen-bond acceptors (Lipinski definition) is 1. The van der Waals surface area contributed by atoms with E-state index in [4.69, 9.17) is 16.3 Å². The molecular formula is C16H17ClO. The monoisotopic (exact) mass is 260 g/mol. The number of hydrogen-bond donors (Lipinski definition) is 0. The Kier molecular flexibility index (Phi) is 4.66. The average Bonchev–Trinajstić information content (AvgIpc) is 2.46. The Morgan fingerprint density at radius 3 is 1.67 bits per heavy atom. The number of alkyl halides is 1. The molecule has 2 aromatic carbocycles. The lowest BCUT2D eigenvalue weighted by Crippen LogP contribution is -1.92. The van der Waals surface area contributed by atoms with Crippen molar-refractivity contribution in [3.63, 3.8) is 0 Å². The van der Waals surface area contributed by atoms with Crippen LogP contribution in [0.4, 0.5) is 0 Å². The van der Waals surface area contributed by atoms with Crippen LogP contribution in [0.5, 0.6) is 5.75 Å². The molecule has 0 aliphatic carbocycles. The predicted molar refractivity (Wildman–Crippen MR) is 76.4 cm³/mol. The van der Waals surface area contributed by atoms with Gasteiger partial charge in [0, 0.05) is 5.88 Å². The molecule has 0 radical (unpaired) electrons. The smallest absolute Gasteiger partial charge is 0.118 e. The highest BCUT2D eigenvalue weighted by atomic mass is 35.5. The molecule has 0 N–H and O–H groups in total. The second kappa shape index (κ2) is 6.46. The molecule has 0 saturated carbocycles. The standard InChI is InChI=1S/C16H17ClO/c1-18-16-10-8-14(9-11-16)3-2-13-4-6-15(12-17)7-5-13/h4-11H,2-3,12H2,1H3. The highest BCUT2D eigenvalue weighted by Gasteiger charge is 1.97. The van der Waals surface area contributed by atoms with Gasteiger partial charge >= 0.3 is 0 Å². The van der Waals surface area contributed by atoms with Crippen molar-refractivity contribution in [1.82, 2.24) is 0 Å². The van der Waals surface area contributed by atoms with Gasteiger partial charge in [0.05, 0.1) is 7.11 Å². The van der Waals surface area contributed by atoms with Crippen molar-refractivity contribution in [2.75, 3.05) is 7.11 Å². The van der Waals surface area contributed by atoms with Crippen LogP contribution in [-0.4, -0.2) is 7.11 Å². The fourth-order valence-corrected chi connectivity index (χ4v) is 2.05. The summed E-state index contributed by atoms with van der Waals surface area (Å²) in [7, 11) is 1.69. The average molecular weight is 261 g/mol. The van der Waals surface area contributed by atoms with Crippen molar-refractivity contribution < 1.29 is 4.74 Å². The zero-order valence-corrected chi connectivity index (χ0v) is 11.3. The molecule has 0 amide bonds. The zero-order chi connectivity index (χ0) is 12.8. The first kappa shape index (κ1) is 13.0. The topological polar surface area (TPSA) is 9.23 Å². The number of halogens is 1. The first-order valence-electron chi connectivity index (χ1n) is 6.08. The molecule has 0 heterocycles. The normalized spacial score (nSPS) is 10.3. The largest absolute Gasteiger partial charge is 0.497 e. The second-order valence-corrected chi connectivity index (χ2v) is 4.57. The van der Waals surface area contributed by atoms with Gasteiger partial charge in [-0.05, 0) is 41.7 Å². The van der Waals surface area contributed by atoms with Gasteiger partial charge < -0.3 is 4.74 Å². The van der Waals surface area contributed by atoms with Crippen LogP contribution in [0.3, 0.4) is 0 Å². The van der Waals surface area contributed by atoms with Gasteiger partial charge in [-0.25, -0.2) is 0 Å². The van der Waals surface area contributed by atoms with E-state index >= 15 is 0 Å². The van der Waals surface area contributed by atoms with Crippen LogP contribution in [0.1, 0.15) is 16.7 Å². The fourth-order valence-electron chi connectivity index (χ4n) is 1.88. The van der Waals surface area contributed by atoms with E-state index < -0.39 is 0 Å². The number of aryl methyl sites for hydroxylation is 2. The van der Waals surface area contributed by atoms with Crippen molar-refractivity contribution in [1.29, 1.82) is 0 Å². The third-order valence-corrected chi connectivity index (χ3v) is 3.35. The van der Waals surface area contributed by atoms with Crippen LogP contribution in [-0.2, 0) is 18.7 Å². The summed E-state index contributed by atoms with van der Waals surface area (Å²) in [5.74, 6) is 1.49. The van der Waals surface area contributed by atoms with Gasteiger partial charge in [0.25, 0.3) is 0 Å². The molecule has 0 bridgehead atoms. The number of methoxy groups -OCH3 is 1. The van der Waals surface area contributed by atoms with Gasteiger partial charge in [-0.3, -0.25) is 0 Å². The maximum absolute atomic E-state index is 5.77. The van der Waals surface area contributed by atoms with E-state index in [9.17, 15) is 0 Å². The van der Waals surface area contributed by atoms with E-state index in [-0.39, 0.29) is 0 Å². The van der Waals surface area contributed by atoms with E-state index in [0.717, 1.165) is 18.6 Å². The van der Waals surface area contributed by atoms with Crippen LogP contribution >= 0.6 is 11.6 Å². The highest BCUT2D eigenvalue weighted by molar-refractivity contribution is 6.17. The van der Waals surface area contributed by atoms with Crippen LogP contribution in [0.2, 0.25) is 0 Å². The SMILES string of the molecule is COc1ccc(CCc2ccc(CCl)cc2)cc1. The molecule has 94 valence electrons. The van der Waals surface area contributed by atoms with Crippen LogP contribution < -0.4 is 4.74 Å². The molecule has 0 spiro atoms. The zero-order valence-electron chi connectivity index (χ0n) is 10.5. The molecule has 0 aliphatic rings. The van der Waals surface area contributed by atoms with Gasteiger partial charge in [0.2, 0.25) is 0 Å². The number of ether oxygens (including phenoxy) is 1. The van der Waals surface area contributed by atoms with Crippen LogP contribution in [0.25, 0.3) is 0 Å². The van der Waals surface area contributed by atoms with Gasteiger partial charge in [-0.15, -0.1) is 11.6 Å². The quantitative estimate of drug-likeness (QED) is 0.732. The van der Waals surface area contributed by atoms with Crippen LogP contribution in [0, 0.1) is 0 Å². The highest BCUT2D eigenvalue weighted by Crippen LogP contribution is 2.14. The Bertz CT molecular complexity index is 426. The Morgan fingerprint density at radius 2 is 1.22 bits per heavy atom. The third-order valence-electron chi connectivity index (χ3n) is 3.04. The Balaban J connectivity index is 1.93. The molecule has 2 heteroatoms. The minimum Gasteiger partial charge on any atom is -0.497 e. The van der Waals surface area contributed by atoms with Crippen molar-refractivity contribution >= 4 is 11.6 Å². The van der Waals surface area contributed by atoms with Gasteiger partial charge in [0.1, 0.15) is 5.75 Å². The maximum Gasteiger partial charge on any atom is 0.118 e. The molecule has 0 atom stereocenters. The molecule has 18 heavy (non-hydrogen) atoms. The minimum atomic E-state index is 0.582. The summed E-state index contributed by atoms with van der Waals surface area (Å²) < 4.78 is 5.14. The van der Waals surface area contributed by atoms with Crippen molar-refractivity contribution in [2.24, 2.45) is 0 Å². The molecular weight excluding hydrogens is 244 g/mol. The van der Waals surface area contributed by atoms with E-state index in [1.165, 1.54) is 16.7 Å². The Hall–Kier alpha value is -1.47. The van der Waals surface area contributed by atoms with Gasteiger partial charge in [0.15, 0.2) is 0 Å². The van der Waals surface area contributed by atoms with Gasteiger partial charge in [-0.1, -0.05) is 36.4 Å². The second-order valence-electron chi connectivity index (χ2n) is 4.30. The summed E-state index contributed by atoms with van der Waals surface area (Å²) in [6.07, 6.45) is 2.10. The lowest BCUT2D eigenvalue weighted by molar-refractivity contribution is 0.414. The summed E-state index contributed by atoms with van der Waals surface area (Å²) in [5.41, 5.74) is 3.85. The molecule has 2 rings (SSSR count). The van der Waals surface area contributed by atoms with Crippen molar-refractivity contribution in [2.45, 2.75) is 18.7 Å². The van der Waals surface area contributed by atoms with Gasteiger partial charge in [-0.2, -0.15) is 0 Å². The molecule has 0 unspecified atom stereocenters. The summed E-state index contributed by atoms with van der Waals surface area (Å²) in [6.45, 7) is 0. The van der Waals surface area contributed by atoms with Crippen molar-refractivity contribution in [3.8, 4) is 5.75 Å². The van der Waals surface area contributed by atoms with E-state index in [0.29, 0.717) is 5.88 Å². The maximum atomic E-state index is 5.77. The third kappa shape index (κ3) is 3.51. The van der Waals surface area contributed by atoms with E-state index in [1.54, 1.807) is 7.11 Å². The lowest BCUT2D eigenvalue weighted by Gasteiger charge is -2.04. The lowest BCUT2D eigenvalue weighted by atomic mass is 10.0. The number of benzene rings is 2. The molecule has 1 nitrogen and oxygen atoms in total. The minimum absolute atomic E-state index is 0.582. The summed E-state index contributed by atoms with van der Waals surface area (Å²) >= 11 is 5.77. The van der Waals surface area contributed by atoms with Crippen molar-refractivity contribution in [3.05, 3.63) is 65.2 Å². The summed E-state index contributed by atoms with van der Waals surface area (Å²) in [6, 6.07) is 16.7. The molecule has 0 aliphatic heterocycles. The van der Waals surface area contributed by atoms with E-state index in [1.807, 2.05) is 12.1 Å². The van der Waals surface area contributed by atoms with E-state index in [2.05, 4.69) is 36.4 Å². The summed E-state index contributed by atoms with van der Waals surface area (Å²) in [4.78, 5) is 0. The molecule has 0 saturated heterocycles.